The standard InChI is InChI=1S/C29H29N7O3/c30-27-26-25(34-28(35(26)14-13-32-27)19-5-6-20-7-10-24(37)36(20)16-19)17-1-3-18(4-2-17)29(38)33-23-15-22(11-12-31-23)39-21-8-9-21/h1-4,11-15,19-21H,5-10,16H2,(H2,30,32)(H,31,33,38)/t19-,20+/m1/s1. The first-order chi connectivity index (χ1) is 19.0. The number of carbonyl (C=O) groups is 2. The number of nitrogens with one attached hydrogen (secondary N) is 1. The predicted molar refractivity (Wildman–Crippen MR) is 145 cm³/mol. The molecule has 0 bridgehead atoms. The lowest BCUT2D eigenvalue weighted by Gasteiger charge is -2.34. The van der Waals surface area contributed by atoms with Crippen LogP contribution >= 0.6 is 0 Å². The van der Waals surface area contributed by atoms with E-state index < -0.39 is 0 Å². The van der Waals surface area contributed by atoms with E-state index in [0.717, 1.165) is 49.0 Å². The molecule has 10 nitrogen and oxygen atoms in total. The Morgan fingerprint density at radius 1 is 1.03 bits per heavy atom. The summed E-state index contributed by atoms with van der Waals surface area (Å²) in [5, 5.41) is 2.85. The van der Waals surface area contributed by atoms with E-state index >= 15 is 0 Å². The van der Waals surface area contributed by atoms with Crippen LogP contribution in [-0.4, -0.2) is 54.8 Å². The quantitative estimate of drug-likeness (QED) is 0.390. The zero-order valence-corrected chi connectivity index (χ0v) is 21.4. The third kappa shape index (κ3) is 4.45. The summed E-state index contributed by atoms with van der Waals surface area (Å²) in [4.78, 5) is 41.0. The maximum absolute atomic E-state index is 12.9. The molecule has 0 spiro atoms. The van der Waals surface area contributed by atoms with Crippen LogP contribution in [0, 0.1) is 0 Å². The average Bonchev–Trinajstić information content (AvgIpc) is 3.56. The molecule has 0 radical (unpaired) electrons. The minimum atomic E-state index is -0.263. The second-order valence-electron chi connectivity index (χ2n) is 10.6. The van der Waals surface area contributed by atoms with Crippen molar-refractivity contribution < 1.29 is 14.3 Å². The fourth-order valence-electron chi connectivity index (χ4n) is 5.75. The predicted octanol–water partition coefficient (Wildman–Crippen LogP) is 4.04. The van der Waals surface area contributed by atoms with Gasteiger partial charge in [-0.05, 0) is 50.3 Å². The van der Waals surface area contributed by atoms with Crippen LogP contribution in [0.15, 0.2) is 55.0 Å². The monoisotopic (exact) mass is 523 g/mol. The highest BCUT2D eigenvalue weighted by atomic mass is 16.5. The molecule has 4 aromatic rings. The second kappa shape index (κ2) is 9.37. The number of nitrogens with zero attached hydrogens (tertiary/aromatic N) is 5. The summed E-state index contributed by atoms with van der Waals surface area (Å²) in [6, 6.07) is 11.2. The van der Waals surface area contributed by atoms with Gasteiger partial charge in [-0.25, -0.2) is 15.0 Å². The number of benzene rings is 1. The van der Waals surface area contributed by atoms with Crippen molar-refractivity contribution in [2.75, 3.05) is 17.6 Å². The number of hydrogen-bond acceptors (Lipinski definition) is 7. The number of aromatic nitrogens is 4. The van der Waals surface area contributed by atoms with Gasteiger partial charge in [0.1, 0.15) is 34.4 Å². The van der Waals surface area contributed by atoms with Crippen molar-refractivity contribution in [2.24, 2.45) is 0 Å². The minimum absolute atomic E-state index is 0.114. The molecular formula is C29H29N7O3. The molecule has 2 saturated heterocycles. The lowest BCUT2D eigenvalue weighted by Crippen LogP contribution is -2.41. The third-order valence-electron chi connectivity index (χ3n) is 7.91. The maximum atomic E-state index is 12.9. The topological polar surface area (TPSA) is 128 Å². The normalized spacial score (nSPS) is 20.7. The van der Waals surface area contributed by atoms with Crippen molar-refractivity contribution in [2.45, 2.75) is 56.6 Å². The number of piperidine rings is 1. The minimum Gasteiger partial charge on any atom is -0.490 e. The number of carbonyl (C=O) groups excluding carboxylic acids is 2. The van der Waals surface area contributed by atoms with Gasteiger partial charge in [0.25, 0.3) is 5.91 Å². The highest BCUT2D eigenvalue weighted by Gasteiger charge is 2.38. The van der Waals surface area contributed by atoms with E-state index in [1.165, 1.54) is 0 Å². The number of fused-ring (bicyclic) bond motifs is 2. The SMILES string of the molecule is Nc1nccn2c([C@@H]3CC[C@H]4CCC(=O)N4C3)nc(-c3ccc(C(=O)Nc4cc(OC5CC5)ccn4)cc3)c12. The van der Waals surface area contributed by atoms with Crippen LogP contribution in [-0.2, 0) is 4.79 Å². The summed E-state index contributed by atoms with van der Waals surface area (Å²) in [6.07, 6.45) is 11.1. The molecule has 2 amide bonds. The molecule has 3 aromatic heterocycles. The highest BCUT2D eigenvalue weighted by Crippen LogP contribution is 2.38. The van der Waals surface area contributed by atoms with Gasteiger partial charge in [0.05, 0.1) is 6.10 Å². The number of hydrogen-bond donors (Lipinski definition) is 2. The Balaban J connectivity index is 1.15. The molecule has 2 aliphatic heterocycles. The van der Waals surface area contributed by atoms with Gasteiger partial charge < -0.3 is 20.7 Å². The highest BCUT2D eigenvalue weighted by molar-refractivity contribution is 6.04. The number of rotatable bonds is 6. The number of nitrogens with two attached hydrogens (primary N) is 1. The Hall–Kier alpha value is -4.47. The number of imidazole rings is 1. The molecular weight excluding hydrogens is 494 g/mol. The van der Waals surface area contributed by atoms with Crippen LogP contribution in [0.25, 0.3) is 16.8 Å². The Morgan fingerprint density at radius 2 is 1.87 bits per heavy atom. The van der Waals surface area contributed by atoms with Crippen molar-refractivity contribution in [3.8, 4) is 17.0 Å². The van der Waals surface area contributed by atoms with Crippen molar-refractivity contribution in [1.82, 2.24) is 24.3 Å². The Bertz CT molecular complexity index is 1580. The summed E-state index contributed by atoms with van der Waals surface area (Å²) >= 11 is 0. The van der Waals surface area contributed by atoms with Crippen molar-refractivity contribution >= 4 is 29.0 Å². The molecule has 3 N–H and O–H groups in total. The van der Waals surface area contributed by atoms with E-state index in [4.69, 9.17) is 15.5 Å². The average molecular weight is 524 g/mol. The molecule has 39 heavy (non-hydrogen) atoms. The molecule has 198 valence electrons. The number of pyridine rings is 1. The van der Waals surface area contributed by atoms with Crippen LogP contribution in [0.4, 0.5) is 11.6 Å². The second-order valence-corrected chi connectivity index (χ2v) is 10.6. The first-order valence-electron chi connectivity index (χ1n) is 13.5. The maximum Gasteiger partial charge on any atom is 0.256 e. The molecule has 5 heterocycles. The molecule has 0 unspecified atom stereocenters. The third-order valence-corrected chi connectivity index (χ3v) is 7.91. The van der Waals surface area contributed by atoms with Gasteiger partial charge in [-0.1, -0.05) is 12.1 Å². The summed E-state index contributed by atoms with van der Waals surface area (Å²) in [7, 11) is 0. The zero-order chi connectivity index (χ0) is 26.5. The van der Waals surface area contributed by atoms with E-state index in [2.05, 4.69) is 15.3 Å². The van der Waals surface area contributed by atoms with Gasteiger partial charge in [-0.2, -0.15) is 0 Å². The van der Waals surface area contributed by atoms with Crippen LogP contribution in [0.3, 0.4) is 0 Å². The van der Waals surface area contributed by atoms with E-state index in [1.54, 1.807) is 36.7 Å². The first-order valence-corrected chi connectivity index (χ1v) is 13.5. The molecule has 2 atom stereocenters. The van der Waals surface area contributed by atoms with Gasteiger partial charge >= 0.3 is 0 Å². The summed E-state index contributed by atoms with van der Waals surface area (Å²) < 4.78 is 7.81. The largest absolute Gasteiger partial charge is 0.490 e. The Labute approximate surface area is 225 Å². The summed E-state index contributed by atoms with van der Waals surface area (Å²) in [6.45, 7) is 0.671. The fourth-order valence-corrected chi connectivity index (χ4v) is 5.75. The molecule has 7 rings (SSSR count). The Morgan fingerprint density at radius 3 is 2.69 bits per heavy atom. The lowest BCUT2D eigenvalue weighted by molar-refractivity contribution is -0.130. The van der Waals surface area contributed by atoms with Crippen LogP contribution < -0.4 is 15.8 Å². The lowest BCUT2D eigenvalue weighted by atomic mass is 9.92. The summed E-state index contributed by atoms with van der Waals surface area (Å²) in [5.41, 5.74) is 9.11. The fraction of sp³-hybridized carbons (Fsp3) is 0.345. The number of ether oxygens (including phenoxy) is 1. The van der Waals surface area contributed by atoms with E-state index in [0.29, 0.717) is 47.7 Å². The first kappa shape index (κ1) is 23.6. The molecule has 1 aromatic carbocycles. The molecule has 1 saturated carbocycles. The summed E-state index contributed by atoms with van der Waals surface area (Å²) in [5.74, 6) is 2.50. The van der Waals surface area contributed by atoms with E-state index in [9.17, 15) is 9.59 Å². The van der Waals surface area contributed by atoms with Crippen molar-refractivity contribution in [3.63, 3.8) is 0 Å². The van der Waals surface area contributed by atoms with Crippen molar-refractivity contribution in [3.05, 3.63) is 66.4 Å². The van der Waals surface area contributed by atoms with Gasteiger partial charge in [0.2, 0.25) is 5.91 Å². The molecule has 10 heteroatoms. The van der Waals surface area contributed by atoms with E-state index in [1.807, 2.05) is 27.6 Å². The van der Waals surface area contributed by atoms with Crippen LogP contribution in [0.2, 0.25) is 0 Å². The van der Waals surface area contributed by atoms with Gasteiger partial charge in [-0.3, -0.25) is 14.0 Å². The zero-order valence-electron chi connectivity index (χ0n) is 21.4. The van der Waals surface area contributed by atoms with Gasteiger partial charge in [-0.15, -0.1) is 0 Å². The van der Waals surface area contributed by atoms with Gasteiger partial charge in [0.15, 0.2) is 0 Å². The molecule has 3 aliphatic rings. The molecule has 1 aliphatic carbocycles. The van der Waals surface area contributed by atoms with E-state index in [-0.39, 0.29) is 23.8 Å². The van der Waals surface area contributed by atoms with Crippen LogP contribution in [0.1, 0.15) is 60.6 Å². The Kier molecular flexibility index (Phi) is 5.68. The number of nitrogen functional groups attached to an aromatic ring is 1. The number of anilines is 2. The molecule has 3 fully saturated rings. The van der Waals surface area contributed by atoms with Crippen LogP contribution in [0.5, 0.6) is 5.75 Å². The van der Waals surface area contributed by atoms with Crippen molar-refractivity contribution in [1.29, 1.82) is 0 Å². The number of amides is 2. The van der Waals surface area contributed by atoms with Gasteiger partial charge in [0, 0.05) is 60.7 Å². The smallest absolute Gasteiger partial charge is 0.256 e.